The lowest BCUT2D eigenvalue weighted by Gasteiger charge is -2.52. The van der Waals surface area contributed by atoms with Crippen molar-refractivity contribution in [3.8, 4) is 0 Å². The average Bonchev–Trinajstić information content (AvgIpc) is 2.79. The minimum Gasteiger partial charge on any atom is -0.322 e. The Morgan fingerprint density at radius 3 is 2.00 bits per heavy atom. The van der Waals surface area contributed by atoms with Crippen LogP contribution in [0.25, 0.3) is 0 Å². The first-order valence-electron chi connectivity index (χ1n) is 12.6. The zero-order chi connectivity index (χ0) is 21.8. The minimum absolute atomic E-state index is 0.121. The normalized spacial score (nSPS) is 21.9. The Bertz CT molecular complexity index is 549. The zero-order valence-corrected chi connectivity index (χ0v) is 19.7. The highest BCUT2D eigenvalue weighted by atomic mass is 16.2. The van der Waals surface area contributed by atoms with Crippen LogP contribution in [0.1, 0.15) is 111 Å². The van der Waals surface area contributed by atoms with Crippen molar-refractivity contribution in [1.29, 1.82) is 0 Å². The molecule has 30 heavy (non-hydrogen) atoms. The summed E-state index contributed by atoms with van der Waals surface area (Å²) in [4.78, 5) is 29.4. The number of piperidine rings is 2. The Hall–Kier alpha value is -1.46. The van der Waals surface area contributed by atoms with E-state index in [1.807, 2.05) is 4.90 Å². The molecule has 0 N–H and O–H groups in total. The molecule has 0 aliphatic carbocycles. The Morgan fingerprint density at radius 2 is 1.40 bits per heavy atom. The molecule has 2 fully saturated rings. The fraction of sp³-hybridized carbons (Fsp3) is 0.917. The van der Waals surface area contributed by atoms with Gasteiger partial charge in [-0.2, -0.15) is 0 Å². The number of hydrogen-bond acceptors (Lipinski definition) is 2. The van der Waals surface area contributed by atoms with Crippen molar-refractivity contribution < 1.29 is 9.59 Å². The van der Waals surface area contributed by atoms with Crippen molar-refractivity contribution in [1.82, 2.24) is 9.80 Å². The molecule has 2 aliphatic heterocycles. The lowest BCUT2D eigenvalue weighted by Crippen LogP contribution is -2.58. The molecular formula is C24H44N4O2. The number of urea groups is 2. The molecular weight excluding hydrogens is 376 g/mol. The van der Waals surface area contributed by atoms with Crippen LogP contribution in [-0.4, -0.2) is 47.0 Å². The van der Waals surface area contributed by atoms with Gasteiger partial charge in [0.05, 0.1) is 0 Å². The van der Waals surface area contributed by atoms with Gasteiger partial charge in [-0.15, -0.1) is 0 Å². The van der Waals surface area contributed by atoms with Crippen molar-refractivity contribution in [2.24, 2.45) is 16.1 Å². The van der Waals surface area contributed by atoms with Crippen molar-refractivity contribution in [3.05, 3.63) is 0 Å². The van der Waals surface area contributed by atoms with Gasteiger partial charge in [-0.3, -0.25) is 0 Å². The second kappa shape index (κ2) is 13.1. The lowest BCUT2D eigenvalue weighted by molar-refractivity contribution is 0.00516. The number of likely N-dealkylation sites (tertiary alicyclic amines) is 2. The van der Waals surface area contributed by atoms with E-state index < -0.39 is 0 Å². The molecule has 0 spiro atoms. The molecule has 0 aromatic heterocycles. The summed E-state index contributed by atoms with van der Waals surface area (Å²) in [5, 5.41) is 7.83. The molecule has 2 rings (SSSR count). The van der Waals surface area contributed by atoms with Gasteiger partial charge in [-0.25, -0.2) is 9.59 Å². The summed E-state index contributed by atoms with van der Waals surface area (Å²) in [5.74, 6) is 0.529. The fourth-order valence-corrected chi connectivity index (χ4v) is 5.41. The third kappa shape index (κ3) is 6.52. The van der Waals surface area contributed by atoms with Gasteiger partial charge < -0.3 is 9.80 Å². The van der Waals surface area contributed by atoms with Crippen LogP contribution in [0, 0.1) is 5.92 Å². The van der Waals surface area contributed by atoms with Crippen molar-refractivity contribution in [2.45, 2.75) is 116 Å². The first-order chi connectivity index (χ1) is 14.6. The molecule has 1 atom stereocenters. The van der Waals surface area contributed by atoms with Gasteiger partial charge in [-0.1, -0.05) is 69.5 Å². The van der Waals surface area contributed by atoms with Gasteiger partial charge in [0.1, 0.15) is 0 Å². The van der Waals surface area contributed by atoms with Crippen LogP contribution in [0.2, 0.25) is 0 Å². The van der Waals surface area contributed by atoms with E-state index in [0.717, 1.165) is 83.8 Å². The molecule has 2 aliphatic rings. The summed E-state index contributed by atoms with van der Waals surface area (Å²) < 4.78 is 0. The largest absolute Gasteiger partial charge is 0.362 e. The van der Waals surface area contributed by atoms with Crippen LogP contribution in [-0.2, 0) is 0 Å². The second-order valence-corrected chi connectivity index (χ2v) is 9.26. The molecule has 1 unspecified atom stereocenters. The smallest absolute Gasteiger partial charge is 0.322 e. The lowest BCUT2D eigenvalue weighted by atomic mass is 9.68. The summed E-state index contributed by atoms with van der Waals surface area (Å²) in [5.41, 5.74) is -0.121. The minimum atomic E-state index is -0.352. The van der Waals surface area contributed by atoms with Gasteiger partial charge in [-0.05, 0) is 57.3 Å². The maximum absolute atomic E-state index is 13.2. The van der Waals surface area contributed by atoms with Gasteiger partial charge >= 0.3 is 12.1 Å². The van der Waals surface area contributed by atoms with Gasteiger partial charge in [0.15, 0.2) is 0 Å². The summed E-state index contributed by atoms with van der Waals surface area (Å²) in [7, 11) is 0. The topological polar surface area (TPSA) is 65.3 Å². The van der Waals surface area contributed by atoms with Gasteiger partial charge in [0.2, 0.25) is 0 Å². The highest BCUT2D eigenvalue weighted by molar-refractivity contribution is 5.80. The van der Waals surface area contributed by atoms with Crippen molar-refractivity contribution >= 4 is 12.1 Å². The SMILES string of the molecule is CCCCC1CCCN(C(=O)N=NC(=O)N2CCCCC2)C1(CCCC)CCCC. The van der Waals surface area contributed by atoms with Crippen molar-refractivity contribution in [2.75, 3.05) is 19.6 Å². The first kappa shape index (κ1) is 24.8. The van der Waals surface area contributed by atoms with Crippen LogP contribution in [0.15, 0.2) is 10.2 Å². The summed E-state index contributed by atoms with van der Waals surface area (Å²) in [6.45, 7) is 8.89. The Kier molecular flexibility index (Phi) is 10.8. The third-order valence-corrected chi connectivity index (χ3v) is 7.14. The number of carbonyl (C=O) groups is 2. The number of carbonyl (C=O) groups excluding carboxylic acids is 2. The van der Waals surface area contributed by atoms with E-state index in [4.69, 9.17) is 0 Å². The summed E-state index contributed by atoms with van der Waals surface area (Å²) in [6.07, 6.45) is 15.6. The number of amides is 4. The Morgan fingerprint density at radius 1 is 0.800 bits per heavy atom. The predicted molar refractivity (Wildman–Crippen MR) is 122 cm³/mol. The molecule has 0 aromatic carbocycles. The Labute approximate surface area is 183 Å². The second-order valence-electron chi connectivity index (χ2n) is 9.26. The van der Waals surface area contributed by atoms with E-state index in [2.05, 4.69) is 31.0 Å². The van der Waals surface area contributed by atoms with E-state index in [9.17, 15) is 9.59 Å². The van der Waals surface area contributed by atoms with Gasteiger partial charge in [0.25, 0.3) is 0 Å². The molecule has 0 radical (unpaired) electrons. The summed E-state index contributed by atoms with van der Waals surface area (Å²) >= 11 is 0. The molecule has 4 amide bonds. The number of unbranched alkanes of at least 4 members (excludes halogenated alkanes) is 3. The number of hydrogen-bond donors (Lipinski definition) is 0. The standard InChI is InChI=1S/C24H44N4O2/c1-4-7-14-21-15-13-20-28(24(21,16-8-5-2)17-9-6-3)23(30)26-25-22(29)27-18-11-10-12-19-27/h21H,4-20H2,1-3H3. The fourth-order valence-electron chi connectivity index (χ4n) is 5.41. The Balaban J connectivity index is 2.21. The molecule has 0 aromatic rings. The number of nitrogens with zero attached hydrogens (tertiary/aromatic N) is 4. The quantitative estimate of drug-likeness (QED) is 0.371. The van der Waals surface area contributed by atoms with E-state index in [0.29, 0.717) is 5.92 Å². The predicted octanol–water partition coefficient (Wildman–Crippen LogP) is 7.19. The van der Waals surface area contributed by atoms with E-state index in [-0.39, 0.29) is 17.6 Å². The van der Waals surface area contributed by atoms with Crippen LogP contribution in [0.4, 0.5) is 9.59 Å². The van der Waals surface area contributed by atoms with Crippen LogP contribution in [0.5, 0.6) is 0 Å². The zero-order valence-electron chi connectivity index (χ0n) is 19.7. The maximum Gasteiger partial charge on any atom is 0.362 e. The van der Waals surface area contributed by atoms with Crippen LogP contribution in [0.3, 0.4) is 0 Å². The van der Waals surface area contributed by atoms with E-state index in [1.54, 1.807) is 4.90 Å². The molecule has 0 saturated carbocycles. The molecule has 2 saturated heterocycles. The molecule has 0 bridgehead atoms. The van der Waals surface area contributed by atoms with E-state index in [1.165, 1.54) is 25.7 Å². The highest BCUT2D eigenvalue weighted by Crippen LogP contribution is 2.44. The number of rotatable bonds is 9. The molecule has 6 heteroatoms. The van der Waals surface area contributed by atoms with Crippen LogP contribution < -0.4 is 0 Å². The summed E-state index contributed by atoms with van der Waals surface area (Å²) in [6, 6.07) is -0.649. The third-order valence-electron chi connectivity index (χ3n) is 7.14. The maximum atomic E-state index is 13.2. The van der Waals surface area contributed by atoms with Crippen molar-refractivity contribution in [3.63, 3.8) is 0 Å². The number of azo groups is 1. The highest BCUT2D eigenvalue weighted by Gasteiger charge is 2.46. The molecule has 2 heterocycles. The molecule has 172 valence electrons. The average molecular weight is 421 g/mol. The van der Waals surface area contributed by atoms with Gasteiger partial charge in [0, 0.05) is 25.2 Å². The first-order valence-corrected chi connectivity index (χ1v) is 12.6. The van der Waals surface area contributed by atoms with E-state index >= 15 is 0 Å². The molecule has 6 nitrogen and oxygen atoms in total. The van der Waals surface area contributed by atoms with Crippen LogP contribution >= 0.6 is 0 Å². The monoisotopic (exact) mass is 420 g/mol.